The fourth-order valence-corrected chi connectivity index (χ4v) is 4.70. The largest absolute Gasteiger partial charge is 0.378 e. The molecule has 1 aliphatic carbocycles. The Morgan fingerprint density at radius 2 is 1.70 bits per heavy atom. The lowest BCUT2D eigenvalue weighted by Crippen LogP contribution is -2.31. The minimum atomic E-state index is -0.362. The molecule has 3 aromatic carbocycles. The molecule has 27 heavy (non-hydrogen) atoms. The Kier molecular flexibility index (Phi) is 3.50. The quantitative estimate of drug-likeness (QED) is 0.504. The number of hydrogen-bond donors (Lipinski definition) is 1. The van der Waals surface area contributed by atoms with Crippen LogP contribution in [-0.4, -0.2) is 4.92 Å². The third-order valence-corrected chi connectivity index (χ3v) is 5.83. The number of nitro groups is 1. The monoisotopic (exact) mass is 360 g/mol. The first-order chi connectivity index (χ1) is 13.1. The van der Waals surface area contributed by atoms with Crippen LogP contribution in [0.15, 0.2) is 66.7 Å². The van der Waals surface area contributed by atoms with Gasteiger partial charge in [-0.25, -0.2) is 4.39 Å². The molecule has 0 fully saturated rings. The van der Waals surface area contributed by atoms with Gasteiger partial charge in [0.2, 0.25) is 0 Å². The van der Waals surface area contributed by atoms with E-state index in [4.69, 9.17) is 0 Å². The SMILES string of the molecule is O=[N+]([O-])c1ccc2c(c1)[C@H]1c3ccccc3C[C@@H]1[C@H](c1ccccc1F)N2. The average Bonchev–Trinajstić information content (AvgIpc) is 3.07. The summed E-state index contributed by atoms with van der Waals surface area (Å²) in [5.74, 6) is -0.106. The molecule has 134 valence electrons. The number of fused-ring (bicyclic) bond motifs is 5. The molecule has 2 aliphatic rings. The van der Waals surface area contributed by atoms with E-state index < -0.39 is 0 Å². The highest BCUT2D eigenvalue weighted by Gasteiger charge is 2.44. The summed E-state index contributed by atoms with van der Waals surface area (Å²) in [6.45, 7) is 0. The van der Waals surface area contributed by atoms with E-state index in [0.29, 0.717) is 5.56 Å². The van der Waals surface area contributed by atoms with Crippen LogP contribution in [0.3, 0.4) is 0 Å². The number of halogens is 1. The molecular formula is C22H17FN2O2. The van der Waals surface area contributed by atoms with Crippen LogP contribution in [0, 0.1) is 21.8 Å². The molecule has 1 N–H and O–H groups in total. The van der Waals surface area contributed by atoms with Crippen molar-refractivity contribution in [3.8, 4) is 0 Å². The van der Waals surface area contributed by atoms with Gasteiger partial charge in [0.25, 0.3) is 5.69 Å². The van der Waals surface area contributed by atoms with Crippen LogP contribution in [0.1, 0.15) is 34.2 Å². The maximum absolute atomic E-state index is 14.6. The third-order valence-electron chi connectivity index (χ3n) is 5.83. The zero-order valence-electron chi connectivity index (χ0n) is 14.4. The zero-order valence-corrected chi connectivity index (χ0v) is 14.4. The number of benzene rings is 3. The highest BCUT2D eigenvalue weighted by molar-refractivity contribution is 5.65. The van der Waals surface area contributed by atoms with Crippen molar-refractivity contribution in [1.82, 2.24) is 0 Å². The summed E-state index contributed by atoms with van der Waals surface area (Å²) in [5.41, 5.74) is 4.91. The predicted octanol–water partition coefficient (Wildman–Crippen LogP) is 5.20. The number of rotatable bonds is 2. The summed E-state index contributed by atoms with van der Waals surface area (Å²) in [7, 11) is 0. The van der Waals surface area contributed by atoms with E-state index >= 15 is 0 Å². The molecule has 5 rings (SSSR count). The van der Waals surface area contributed by atoms with E-state index in [1.165, 1.54) is 23.3 Å². The predicted molar refractivity (Wildman–Crippen MR) is 101 cm³/mol. The molecule has 0 saturated heterocycles. The summed E-state index contributed by atoms with van der Waals surface area (Å²) < 4.78 is 14.6. The van der Waals surface area contributed by atoms with E-state index in [0.717, 1.165) is 17.7 Å². The summed E-state index contributed by atoms with van der Waals surface area (Å²) in [6.07, 6.45) is 0.814. The summed E-state index contributed by atoms with van der Waals surface area (Å²) in [4.78, 5) is 10.9. The van der Waals surface area contributed by atoms with Gasteiger partial charge in [-0.05, 0) is 41.2 Å². The first-order valence-corrected chi connectivity index (χ1v) is 9.00. The van der Waals surface area contributed by atoms with E-state index in [2.05, 4.69) is 17.4 Å². The molecule has 0 aromatic heterocycles. The summed E-state index contributed by atoms with van der Waals surface area (Å²) >= 11 is 0. The van der Waals surface area contributed by atoms with Gasteiger partial charge in [0.05, 0.1) is 11.0 Å². The maximum Gasteiger partial charge on any atom is 0.269 e. The summed E-state index contributed by atoms with van der Waals surface area (Å²) in [6, 6.07) is 19.8. The smallest absolute Gasteiger partial charge is 0.269 e. The van der Waals surface area contributed by atoms with Gasteiger partial charge < -0.3 is 5.32 Å². The highest BCUT2D eigenvalue weighted by Crippen LogP contribution is 2.54. The van der Waals surface area contributed by atoms with Crippen LogP contribution in [-0.2, 0) is 6.42 Å². The van der Waals surface area contributed by atoms with Crippen LogP contribution < -0.4 is 5.32 Å². The molecule has 3 atom stereocenters. The number of nitrogens with one attached hydrogen (secondary N) is 1. The van der Waals surface area contributed by atoms with Gasteiger partial charge in [0.1, 0.15) is 5.82 Å². The van der Waals surface area contributed by atoms with Gasteiger partial charge in [0.15, 0.2) is 0 Å². The van der Waals surface area contributed by atoms with E-state index in [1.54, 1.807) is 18.2 Å². The fourth-order valence-electron chi connectivity index (χ4n) is 4.70. The second kappa shape index (κ2) is 5.91. The molecule has 0 radical (unpaired) electrons. The maximum atomic E-state index is 14.6. The number of nitrogens with zero attached hydrogens (tertiary/aromatic N) is 1. The first kappa shape index (κ1) is 16.0. The van der Waals surface area contributed by atoms with Crippen LogP contribution >= 0.6 is 0 Å². The van der Waals surface area contributed by atoms with E-state index in [-0.39, 0.29) is 34.3 Å². The van der Waals surface area contributed by atoms with Crippen molar-refractivity contribution < 1.29 is 9.31 Å². The van der Waals surface area contributed by atoms with Crippen molar-refractivity contribution in [2.24, 2.45) is 5.92 Å². The number of non-ortho nitro benzene ring substituents is 1. The Morgan fingerprint density at radius 3 is 2.48 bits per heavy atom. The Labute approximate surface area is 155 Å². The first-order valence-electron chi connectivity index (χ1n) is 9.00. The Balaban J connectivity index is 1.71. The fraction of sp³-hybridized carbons (Fsp3) is 0.182. The Morgan fingerprint density at radius 1 is 0.963 bits per heavy atom. The van der Waals surface area contributed by atoms with Gasteiger partial charge in [0, 0.05) is 29.3 Å². The van der Waals surface area contributed by atoms with Crippen LogP contribution in [0.2, 0.25) is 0 Å². The van der Waals surface area contributed by atoms with Gasteiger partial charge >= 0.3 is 0 Å². The molecular weight excluding hydrogens is 343 g/mol. The molecule has 0 unspecified atom stereocenters. The normalized spacial score (nSPS) is 22.3. The molecule has 0 bridgehead atoms. The van der Waals surface area contributed by atoms with Crippen molar-refractivity contribution in [2.75, 3.05) is 5.32 Å². The molecule has 0 saturated carbocycles. The van der Waals surface area contributed by atoms with Crippen molar-refractivity contribution in [3.63, 3.8) is 0 Å². The lowest BCUT2D eigenvalue weighted by molar-refractivity contribution is -0.384. The zero-order chi connectivity index (χ0) is 18.5. The lowest BCUT2D eigenvalue weighted by atomic mass is 9.75. The molecule has 3 aromatic rings. The number of nitro benzene ring substituents is 1. The standard InChI is InChI=1S/C22H17FN2O2/c23-19-8-4-3-7-16(19)22-18-11-13-5-1-2-6-15(13)21(18)17-12-14(25(26)27)9-10-20(17)24-22/h1-10,12,18,21-22,24H,11H2/t18-,21+,22-/m0/s1. The van der Waals surface area contributed by atoms with Gasteiger partial charge in [-0.2, -0.15) is 0 Å². The molecule has 0 amide bonds. The number of hydrogen-bond acceptors (Lipinski definition) is 3. The Bertz CT molecular complexity index is 1070. The van der Waals surface area contributed by atoms with Crippen LogP contribution in [0.25, 0.3) is 0 Å². The minimum Gasteiger partial charge on any atom is -0.378 e. The molecule has 1 heterocycles. The number of anilines is 1. The highest BCUT2D eigenvalue weighted by atomic mass is 19.1. The molecule has 5 heteroatoms. The van der Waals surface area contributed by atoms with Gasteiger partial charge in [-0.15, -0.1) is 0 Å². The van der Waals surface area contributed by atoms with E-state index in [1.807, 2.05) is 24.3 Å². The lowest BCUT2D eigenvalue weighted by Gasteiger charge is -2.38. The van der Waals surface area contributed by atoms with Crippen LogP contribution in [0.4, 0.5) is 15.8 Å². The third kappa shape index (κ3) is 2.42. The Hall–Kier alpha value is -3.21. The molecule has 1 aliphatic heterocycles. The second-order valence-corrected chi connectivity index (χ2v) is 7.22. The summed E-state index contributed by atoms with van der Waals surface area (Å²) in [5, 5.41) is 14.8. The van der Waals surface area contributed by atoms with Crippen molar-refractivity contribution in [1.29, 1.82) is 0 Å². The topological polar surface area (TPSA) is 55.2 Å². The van der Waals surface area contributed by atoms with Gasteiger partial charge in [-0.1, -0.05) is 42.5 Å². The molecule has 0 spiro atoms. The average molecular weight is 360 g/mol. The van der Waals surface area contributed by atoms with Crippen molar-refractivity contribution in [3.05, 3.63) is 105 Å². The van der Waals surface area contributed by atoms with Crippen LogP contribution in [0.5, 0.6) is 0 Å². The van der Waals surface area contributed by atoms with Gasteiger partial charge in [-0.3, -0.25) is 10.1 Å². The minimum absolute atomic E-state index is 0.0157. The van der Waals surface area contributed by atoms with Crippen molar-refractivity contribution in [2.45, 2.75) is 18.4 Å². The molecule has 4 nitrogen and oxygen atoms in total. The van der Waals surface area contributed by atoms with Crippen molar-refractivity contribution >= 4 is 11.4 Å². The van der Waals surface area contributed by atoms with E-state index in [9.17, 15) is 14.5 Å². The second-order valence-electron chi connectivity index (χ2n) is 7.22.